The van der Waals surface area contributed by atoms with Crippen molar-refractivity contribution in [1.29, 1.82) is 0 Å². The SMILES string of the molecule is Cc1cn([C@H]2O[C@H](CO)[C@@H](O)[C@H](O)[C@@H]2O)c(=O)[nH]c1=O. The smallest absolute Gasteiger partial charge is 0.330 e. The van der Waals surface area contributed by atoms with E-state index in [9.17, 15) is 24.9 Å². The minimum Gasteiger partial charge on any atom is -0.394 e. The number of H-pyrrole nitrogens is 1. The normalized spacial score (nSPS) is 34.1. The van der Waals surface area contributed by atoms with Crippen LogP contribution in [0.25, 0.3) is 0 Å². The fraction of sp³-hybridized carbons (Fsp3) is 0.636. The van der Waals surface area contributed by atoms with Gasteiger partial charge in [-0.2, -0.15) is 0 Å². The fourth-order valence-corrected chi connectivity index (χ4v) is 2.09. The van der Waals surface area contributed by atoms with Gasteiger partial charge in [-0.25, -0.2) is 4.79 Å². The number of aryl methyl sites for hydroxylation is 1. The second kappa shape index (κ2) is 5.46. The van der Waals surface area contributed by atoms with Crippen LogP contribution in [0.5, 0.6) is 0 Å². The maximum atomic E-state index is 11.7. The number of rotatable bonds is 2. The molecule has 5 atom stereocenters. The van der Waals surface area contributed by atoms with Crippen molar-refractivity contribution in [2.45, 2.75) is 37.6 Å². The predicted octanol–water partition coefficient (Wildman–Crippen LogP) is -3.18. The minimum absolute atomic E-state index is 0.210. The van der Waals surface area contributed by atoms with Gasteiger partial charge in [0.25, 0.3) is 5.56 Å². The number of ether oxygens (including phenoxy) is 1. The lowest BCUT2D eigenvalue weighted by atomic mass is 9.98. The van der Waals surface area contributed by atoms with Crippen LogP contribution in [0.1, 0.15) is 11.8 Å². The number of aromatic nitrogens is 2. The molecule has 0 unspecified atom stereocenters. The predicted molar refractivity (Wildman–Crippen MR) is 65.1 cm³/mol. The van der Waals surface area contributed by atoms with E-state index in [0.717, 1.165) is 4.57 Å². The second-order valence-electron chi connectivity index (χ2n) is 4.70. The third-order valence-electron chi connectivity index (χ3n) is 3.29. The van der Waals surface area contributed by atoms with E-state index >= 15 is 0 Å². The zero-order chi connectivity index (χ0) is 15.0. The van der Waals surface area contributed by atoms with Crippen molar-refractivity contribution in [3.8, 4) is 0 Å². The fourth-order valence-electron chi connectivity index (χ4n) is 2.09. The van der Waals surface area contributed by atoms with E-state index in [2.05, 4.69) is 0 Å². The molecule has 0 radical (unpaired) electrons. The number of hydrogen-bond acceptors (Lipinski definition) is 7. The zero-order valence-electron chi connectivity index (χ0n) is 10.6. The van der Waals surface area contributed by atoms with Crippen molar-refractivity contribution in [3.05, 3.63) is 32.6 Å². The number of aliphatic hydroxyl groups excluding tert-OH is 4. The molecule has 1 fully saturated rings. The first-order valence-electron chi connectivity index (χ1n) is 5.99. The van der Waals surface area contributed by atoms with Crippen LogP contribution in [0, 0.1) is 6.92 Å². The molecule has 9 heteroatoms. The molecule has 0 bridgehead atoms. The standard InChI is InChI=1S/C11H16N2O7/c1-4-2-13(11(19)12-9(4)18)10-8(17)7(16)6(15)5(3-14)20-10/h2,5-8,10,14-17H,3H2,1H3,(H,12,18,19)/t5-,6-,7+,8+,10+/m1/s1. The summed E-state index contributed by atoms with van der Waals surface area (Å²) in [5.74, 6) is 0. The molecule has 1 saturated heterocycles. The van der Waals surface area contributed by atoms with Crippen molar-refractivity contribution >= 4 is 0 Å². The van der Waals surface area contributed by atoms with Crippen LogP contribution in [0.3, 0.4) is 0 Å². The highest BCUT2D eigenvalue weighted by Crippen LogP contribution is 2.27. The molecule has 1 aromatic heterocycles. The Hall–Kier alpha value is -1.52. The zero-order valence-corrected chi connectivity index (χ0v) is 10.6. The third-order valence-corrected chi connectivity index (χ3v) is 3.29. The van der Waals surface area contributed by atoms with Gasteiger partial charge < -0.3 is 25.2 Å². The summed E-state index contributed by atoms with van der Waals surface area (Å²) < 4.78 is 6.13. The Bertz CT molecular complexity index is 593. The van der Waals surface area contributed by atoms with Crippen LogP contribution < -0.4 is 11.2 Å². The maximum absolute atomic E-state index is 11.7. The van der Waals surface area contributed by atoms with Gasteiger partial charge in [0, 0.05) is 11.8 Å². The largest absolute Gasteiger partial charge is 0.394 e. The van der Waals surface area contributed by atoms with E-state index in [-0.39, 0.29) is 5.56 Å². The van der Waals surface area contributed by atoms with Gasteiger partial charge in [0.15, 0.2) is 6.23 Å². The Kier molecular flexibility index (Phi) is 4.06. The molecule has 9 nitrogen and oxygen atoms in total. The average Bonchev–Trinajstić information content (AvgIpc) is 2.41. The Morgan fingerprint density at radius 3 is 2.50 bits per heavy atom. The molecule has 5 N–H and O–H groups in total. The molecule has 0 amide bonds. The van der Waals surface area contributed by atoms with Gasteiger partial charge in [0.1, 0.15) is 24.4 Å². The Balaban J connectivity index is 2.44. The summed E-state index contributed by atoms with van der Waals surface area (Å²) in [5, 5.41) is 38.3. The summed E-state index contributed by atoms with van der Waals surface area (Å²) >= 11 is 0. The molecule has 112 valence electrons. The summed E-state index contributed by atoms with van der Waals surface area (Å²) in [7, 11) is 0. The first-order valence-corrected chi connectivity index (χ1v) is 5.99. The summed E-state index contributed by atoms with van der Waals surface area (Å²) in [5.41, 5.74) is -1.19. The molecule has 0 aliphatic carbocycles. The summed E-state index contributed by atoms with van der Waals surface area (Å²) in [6.45, 7) is 0.858. The molecule has 2 rings (SSSR count). The van der Waals surface area contributed by atoms with E-state index in [0.29, 0.717) is 0 Å². The van der Waals surface area contributed by atoms with Crippen molar-refractivity contribution in [3.63, 3.8) is 0 Å². The van der Waals surface area contributed by atoms with Crippen molar-refractivity contribution < 1.29 is 25.2 Å². The first-order chi connectivity index (χ1) is 9.36. The molecular formula is C11H16N2O7. The monoisotopic (exact) mass is 288 g/mol. The first kappa shape index (κ1) is 14.9. The van der Waals surface area contributed by atoms with Crippen LogP contribution in [-0.2, 0) is 4.74 Å². The van der Waals surface area contributed by atoms with E-state index < -0.39 is 48.5 Å². The lowest BCUT2D eigenvalue weighted by molar-refractivity contribution is -0.252. The summed E-state index contributed by atoms with van der Waals surface area (Å²) in [6, 6.07) is 0. The lowest BCUT2D eigenvalue weighted by Gasteiger charge is -2.40. The highest BCUT2D eigenvalue weighted by atomic mass is 16.6. The minimum atomic E-state index is -1.59. The molecule has 0 saturated carbocycles. The van der Waals surface area contributed by atoms with Gasteiger partial charge in [-0.15, -0.1) is 0 Å². The quantitative estimate of drug-likeness (QED) is 0.385. The molecule has 20 heavy (non-hydrogen) atoms. The van der Waals surface area contributed by atoms with Gasteiger partial charge >= 0.3 is 5.69 Å². The van der Waals surface area contributed by atoms with E-state index in [1.165, 1.54) is 13.1 Å². The van der Waals surface area contributed by atoms with E-state index in [4.69, 9.17) is 9.84 Å². The van der Waals surface area contributed by atoms with Crippen molar-refractivity contribution in [2.24, 2.45) is 0 Å². The molecule has 0 spiro atoms. The van der Waals surface area contributed by atoms with Gasteiger partial charge in [-0.3, -0.25) is 14.3 Å². The third kappa shape index (κ3) is 2.41. The Morgan fingerprint density at radius 1 is 1.25 bits per heavy atom. The number of hydrogen-bond donors (Lipinski definition) is 5. The number of aliphatic hydroxyl groups is 4. The Labute approximate surface area is 112 Å². The van der Waals surface area contributed by atoms with Gasteiger partial charge in [-0.1, -0.05) is 0 Å². The molecule has 1 aromatic rings. The average molecular weight is 288 g/mol. The topological polar surface area (TPSA) is 145 Å². The van der Waals surface area contributed by atoms with E-state index in [1.807, 2.05) is 4.98 Å². The molecular weight excluding hydrogens is 272 g/mol. The second-order valence-corrected chi connectivity index (χ2v) is 4.70. The highest BCUT2D eigenvalue weighted by molar-refractivity contribution is 5.03. The maximum Gasteiger partial charge on any atom is 0.330 e. The van der Waals surface area contributed by atoms with E-state index in [1.54, 1.807) is 0 Å². The van der Waals surface area contributed by atoms with Gasteiger partial charge in [-0.05, 0) is 6.92 Å². The molecule has 2 heterocycles. The van der Waals surface area contributed by atoms with Crippen LogP contribution in [0.2, 0.25) is 0 Å². The summed E-state index contributed by atoms with van der Waals surface area (Å²) in [6.07, 6.45) is -5.97. The lowest BCUT2D eigenvalue weighted by Crippen LogP contribution is -2.58. The molecule has 1 aliphatic heterocycles. The van der Waals surface area contributed by atoms with Gasteiger partial charge in [0.2, 0.25) is 0 Å². The number of nitrogens with zero attached hydrogens (tertiary/aromatic N) is 1. The van der Waals surface area contributed by atoms with Crippen molar-refractivity contribution in [1.82, 2.24) is 9.55 Å². The van der Waals surface area contributed by atoms with Crippen LogP contribution in [-0.4, -0.2) is 61.0 Å². The number of aromatic amines is 1. The highest BCUT2D eigenvalue weighted by Gasteiger charge is 2.44. The summed E-state index contributed by atoms with van der Waals surface area (Å²) in [4.78, 5) is 25.1. The van der Waals surface area contributed by atoms with Crippen LogP contribution in [0.15, 0.2) is 15.8 Å². The van der Waals surface area contributed by atoms with Crippen LogP contribution >= 0.6 is 0 Å². The van der Waals surface area contributed by atoms with Gasteiger partial charge in [0.05, 0.1) is 6.61 Å². The Morgan fingerprint density at radius 2 is 1.90 bits per heavy atom. The molecule has 1 aliphatic rings. The number of nitrogens with one attached hydrogen (secondary N) is 1. The van der Waals surface area contributed by atoms with Crippen molar-refractivity contribution in [2.75, 3.05) is 6.61 Å². The van der Waals surface area contributed by atoms with Crippen LogP contribution in [0.4, 0.5) is 0 Å². The molecule has 0 aromatic carbocycles.